The summed E-state index contributed by atoms with van der Waals surface area (Å²) in [6, 6.07) is 1.58. The molecular weight excluding hydrogens is 315 g/mol. The largest absolute Gasteiger partial charge is 0.287 e. The smallest absolute Gasteiger partial charge is 0.214 e. The highest BCUT2D eigenvalue weighted by Gasteiger charge is 2.24. The fraction of sp³-hybridized carbons (Fsp3) is 0.273. The highest BCUT2D eigenvalue weighted by atomic mass is 35.5. The number of nitrogens with zero attached hydrogens (tertiary/aromatic N) is 2. The van der Waals surface area contributed by atoms with Crippen molar-refractivity contribution in [2.45, 2.75) is 19.9 Å². The van der Waals surface area contributed by atoms with Gasteiger partial charge in [-0.3, -0.25) is 9.48 Å². The van der Waals surface area contributed by atoms with E-state index in [2.05, 4.69) is 5.10 Å². The Morgan fingerprint density at radius 1 is 1.39 bits per heavy atom. The molecule has 18 heavy (non-hydrogen) atoms. The minimum Gasteiger partial charge on any atom is -0.287 e. The average Bonchev–Trinajstić information content (AvgIpc) is 2.81. The molecule has 0 saturated heterocycles. The van der Waals surface area contributed by atoms with Crippen molar-refractivity contribution in [3.8, 4) is 0 Å². The zero-order chi connectivity index (χ0) is 13.4. The van der Waals surface area contributed by atoms with Crippen molar-refractivity contribution >= 4 is 51.9 Å². The van der Waals surface area contributed by atoms with Gasteiger partial charge in [-0.25, -0.2) is 0 Å². The van der Waals surface area contributed by atoms with E-state index in [0.29, 0.717) is 25.0 Å². The Bertz CT molecular complexity index is 603. The van der Waals surface area contributed by atoms with Gasteiger partial charge in [0.05, 0.1) is 21.1 Å². The van der Waals surface area contributed by atoms with E-state index in [-0.39, 0.29) is 11.8 Å². The fourth-order valence-corrected chi connectivity index (χ4v) is 3.24. The van der Waals surface area contributed by atoms with E-state index in [1.54, 1.807) is 10.7 Å². The maximum atomic E-state index is 12.4. The van der Waals surface area contributed by atoms with Crippen LogP contribution in [0.3, 0.4) is 0 Å². The molecule has 0 aliphatic rings. The minimum absolute atomic E-state index is 0.0318. The van der Waals surface area contributed by atoms with Crippen molar-refractivity contribution in [1.29, 1.82) is 0 Å². The van der Waals surface area contributed by atoms with Gasteiger partial charge in [-0.05, 0) is 19.9 Å². The molecule has 0 fully saturated rings. The normalized spacial score (nSPS) is 11.2. The van der Waals surface area contributed by atoms with Crippen LogP contribution in [0.15, 0.2) is 12.3 Å². The molecule has 0 amide bonds. The monoisotopic (exact) mass is 322 g/mol. The van der Waals surface area contributed by atoms with Crippen LogP contribution < -0.4 is 0 Å². The lowest BCUT2D eigenvalue weighted by Crippen LogP contribution is -2.13. The molecule has 0 atom stereocenters. The molecule has 2 aromatic heterocycles. The molecule has 0 aliphatic heterocycles. The van der Waals surface area contributed by atoms with E-state index < -0.39 is 0 Å². The number of thiophene rings is 1. The maximum Gasteiger partial charge on any atom is 0.214 e. The van der Waals surface area contributed by atoms with Gasteiger partial charge in [0.15, 0.2) is 0 Å². The third kappa shape index (κ3) is 2.43. The lowest BCUT2D eigenvalue weighted by molar-refractivity contribution is 0.102. The first kappa shape index (κ1) is 13.9. The quantitative estimate of drug-likeness (QED) is 0.766. The Kier molecular flexibility index (Phi) is 4.02. The zero-order valence-corrected chi connectivity index (χ0v) is 12.7. The number of carbonyl (C=O) groups excluding carboxylic acids is 1. The van der Waals surface area contributed by atoms with Gasteiger partial charge < -0.3 is 0 Å². The van der Waals surface area contributed by atoms with Crippen LogP contribution in [0, 0.1) is 0 Å². The van der Waals surface area contributed by atoms with Gasteiger partial charge in [-0.1, -0.05) is 34.8 Å². The number of carbonyl (C=O) groups is 1. The predicted octanol–water partition coefficient (Wildman–Crippen LogP) is 4.72. The summed E-state index contributed by atoms with van der Waals surface area (Å²) in [5.41, 5.74) is 0.694. The first-order valence-electron chi connectivity index (χ1n) is 5.14. The van der Waals surface area contributed by atoms with Crippen molar-refractivity contribution in [3.63, 3.8) is 0 Å². The molecule has 2 rings (SSSR count). The third-order valence-corrected chi connectivity index (χ3v) is 4.12. The summed E-state index contributed by atoms with van der Waals surface area (Å²) in [5.74, 6) is -0.264. The van der Waals surface area contributed by atoms with Gasteiger partial charge in [-0.15, -0.1) is 11.3 Å². The lowest BCUT2D eigenvalue weighted by Gasteiger charge is -2.10. The van der Waals surface area contributed by atoms with Crippen LogP contribution in [0.25, 0.3) is 0 Å². The molecule has 0 saturated carbocycles. The van der Waals surface area contributed by atoms with Gasteiger partial charge in [-0.2, -0.15) is 5.10 Å². The molecule has 0 spiro atoms. The Labute approximate surface area is 123 Å². The van der Waals surface area contributed by atoms with Crippen LogP contribution in [0.1, 0.15) is 35.9 Å². The highest BCUT2D eigenvalue weighted by molar-refractivity contribution is 7.20. The van der Waals surface area contributed by atoms with Crippen molar-refractivity contribution in [1.82, 2.24) is 9.78 Å². The predicted molar refractivity (Wildman–Crippen MR) is 75.4 cm³/mol. The van der Waals surface area contributed by atoms with E-state index in [1.807, 2.05) is 13.8 Å². The van der Waals surface area contributed by atoms with Crippen LogP contribution in [-0.2, 0) is 0 Å². The zero-order valence-electron chi connectivity index (χ0n) is 9.58. The first-order valence-corrected chi connectivity index (χ1v) is 7.09. The summed E-state index contributed by atoms with van der Waals surface area (Å²) in [6.07, 6.45) is 1.46. The number of halogens is 3. The van der Waals surface area contributed by atoms with Crippen LogP contribution in [0.5, 0.6) is 0 Å². The fourth-order valence-electron chi connectivity index (χ4n) is 1.57. The second-order valence-electron chi connectivity index (χ2n) is 3.95. The van der Waals surface area contributed by atoms with E-state index in [0.717, 1.165) is 11.3 Å². The molecule has 0 radical (unpaired) electrons. The van der Waals surface area contributed by atoms with Crippen molar-refractivity contribution in [2.75, 3.05) is 0 Å². The van der Waals surface area contributed by atoms with Crippen molar-refractivity contribution in [2.24, 2.45) is 0 Å². The summed E-state index contributed by atoms with van der Waals surface area (Å²) >= 11 is 19.0. The minimum atomic E-state index is -0.264. The van der Waals surface area contributed by atoms with Crippen LogP contribution in [0.4, 0.5) is 0 Å². The van der Waals surface area contributed by atoms with E-state index >= 15 is 0 Å². The Morgan fingerprint density at radius 3 is 2.56 bits per heavy atom. The summed E-state index contributed by atoms with van der Waals surface area (Å²) < 4.78 is 2.40. The van der Waals surface area contributed by atoms with Crippen molar-refractivity contribution < 1.29 is 4.79 Å². The molecule has 0 N–H and O–H groups in total. The molecule has 7 heteroatoms. The topological polar surface area (TPSA) is 34.9 Å². The average molecular weight is 324 g/mol. The molecule has 96 valence electrons. The number of ketones is 1. The summed E-state index contributed by atoms with van der Waals surface area (Å²) in [5, 5.41) is 4.40. The number of hydrogen-bond acceptors (Lipinski definition) is 3. The standard InChI is InChI=1S/C11H9Cl3N2OS/c1-5(2)16-9(7(12)4-15-16)10(17)6-3-8(13)18-11(6)14/h3-5H,1-2H3. The summed E-state index contributed by atoms with van der Waals surface area (Å²) in [6.45, 7) is 3.84. The molecule has 0 aliphatic carbocycles. The van der Waals surface area contributed by atoms with Crippen molar-refractivity contribution in [3.05, 3.63) is 37.2 Å². The van der Waals surface area contributed by atoms with Crippen LogP contribution in [-0.4, -0.2) is 15.6 Å². The molecule has 0 unspecified atom stereocenters. The SMILES string of the molecule is CC(C)n1ncc(Cl)c1C(=O)c1cc(Cl)sc1Cl. The summed E-state index contributed by atoms with van der Waals surface area (Å²) in [7, 11) is 0. The van der Waals surface area contributed by atoms with Gasteiger partial charge in [0.25, 0.3) is 0 Å². The lowest BCUT2D eigenvalue weighted by atomic mass is 10.1. The van der Waals surface area contributed by atoms with E-state index in [1.165, 1.54) is 6.20 Å². The van der Waals surface area contributed by atoms with Gasteiger partial charge >= 0.3 is 0 Å². The van der Waals surface area contributed by atoms with E-state index in [9.17, 15) is 4.79 Å². The third-order valence-electron chi connectivity index (χ3n) is 2.36. The maximum absolute atomic E-state index is 12.4. The number of aromatic nitrogens is 2. The number of hydrogen-bond donors (Lipinski definition) is 0. The molecule has 0 bridgehead atoms. The van der Waals surface area contributed by atoms with E-state index in [4.69, 9.17) is 34.8 Å². The number of rotatable bonds is 3. The molecular formula is C11H9Cl3N2OS. The highest BCUT2D eigenvalue weighted by Crippen LogP contribution is 2.34. The molecule has 0 aromatic carbocycles. The second-order valence-corrected chi connectivity index (χ2v) is 6.64. The molecule has 2 aromatic rings. The van der Waals surface area contributed by atoms with Crippen LogP contribution >= 0.6 is 46.1 Å². The Balaban J connectivity index is 2.52. The van der Waals surface area contributed by atoms with Gasteiger partial charge in [0.2, 0.25) is 5.78 Å². The Morgan fingerprint density at radius 2 is 2.06 bits per heavy atom. The summed E-state index contributed by atoms with van der Waals surface area (Å²) in [4.78, 5) is 12.4. The first-order chi connectivity index (χ1) is 8.41. The molecule has 3 nitrogen and oxygen atoms in total. The van der Waals surface area contributed by atoms with Gasteiger partial charge in [0, 0.05) is 6.04 Å². The van der Waals surface area contributed by atoms with Crippen LogP contribution in [0.2, 0.25) is 13.7 Å². The second kappa shape index (κ2) is 5.21. The molecule has 2 heterocycles. The Hall–Kier alpha value is -0.550. The van der Waals surface area contributed by atoms with Gasteiger partial charge in [0.1, 0.15) is 10.0 Å².